The summed E-state index contributed by atoms with van der Waals surface area (Å²) in [6.45, 7) is 10.1. The Morgan fingerprint density at radius 2 is 1.35 bits per heavy atom. The molecule has 0 amide bonds. The van der Waals surface area contributed by atoms with Gasteiger partial charge in [0.05, 0.1) is 5.60 Å². The van der Waals surface area contributed by atoms with Gasteiger partial charge in [0.15, 0.2) is 0 Å². The first kappa shape index (κ1) is 24.2. The normalized spacial score (nSPS) is 16.3. The standard InChI is InChI=1S/C15H22O2.2C2H6.CH4O/c1-2-14(12-6-8-13(16)9-7-12)15(17)10-4-3-5-11-15;3*1-2/h6-9,14,16-17H,2-5,10-11H2,1H3;2*1-2H3;2H,1H3/t14-;;;/m1.../s1. The fourth-order valence-electron chi connectivity index (χ4n) is 3.15. The molecule has 1 aromatic carbocycles. The molecule has 1 aromatic rings. The Morgan fingerprint density at radius 3 is 1.74 bits per heavy atom. The van der Waals surface area contributed by atoms with E-state index in [2.05, 4.69) is 6.92 Å². The van der Waals surface area contributed by atoms with E-state index in [1.54, 1.807) is 12.1 Å². The van der Waals surface area contributed by atoms with Crippen LogP contribution in [0.5, 0.6) is 5.75 Å². The Balaban J connectivity index is 0. The van der Waals surface area contributed by atoms with Crippen LogP contribution in [0.1, 0.15) is 84.6 Å². The van der Waals surface area contributed by atoms with Crippen molar-refractivity contribution in [3.8, 4) is 5.75 Å². The molecule has 3 heteroatoms. The van der Waals surface area contributed by atoms with Gasteiger partial charge >= 0.3 is 0 Å². The SMILES string of the molecule is CC.CC.CC[C@H](c1ccc(O)cc1)C1(O)CCCCC1.CO. The van der Waals surface area contributed by atoms with Gasteiger partial charge in [-0.2, -0.15) is 0 Å². The van der Waals surface area contributed by atoms with E-state index in [0.29, 0.717) is 5.75 Å². The maximum Gasteiger partial charge on any atom is 0.115 e. The fraction of sp³-hybridized carbons (Fsp3) is 0.700. The molecule has 1 saturated carbocycles. The Bertz CT molecular complexity index is 354. The molecule has 2 rings (SSSR count). The number of aliphatic hydroxyl groups is 2. The van der Waals surface area contributed by atoms with Crippen LogP contribution >= 0.6 is 0 Å². The van der Waals surface area contributed by atoms with Gasteiger partial charge < -0.3 is 15.3 Å². The second-order valence-electron chi connectivity index (χ2n) is 5.22. The quantitative estimate of drug-likeness (QED) is 0.711. The van der Waals surface area contributed by atoms with E-state index in [1.165, 1.54) is 6.42 Å². The zero-order chi connectivity index (χ0) is 18.3. The number of benzene rings is 1. The number of hydrogen-bond acceptors (Lipinski definition) is 3. The molecule has 136 valence electrons. The van der Waals surface area contributed by atoms with Crippen LogP contribution < -0.4 is 0 Å². The van der Waals surface area contributed by atoms with Gasteiger partial charge in [-0.15, -0.1) is 0 Å². The minimum Gasteiger partial charge on any atom is -0.508 e. The predicted molar refractivity (Wildman–Crippen MR) is 100 cm³/mol. The van der Waals surface area contributed by atoms with Crippen LogP contribution in [-0.2, 0) is 0 Å². The van der Waals surface area contributed by atoms with Crippen LogP contribution in [0.2, 0.25) is 0 Å². The molecule has 3 N–H and O–H groups in total. The highest BCUT2D eigenvalue weighted by Crippen LogP contribution is 2.41. The molecular weight excluding hydrogens is 288 g/mol. The number of aliphatic hydroxyl groups excluding tert-OH is 1. The van der Waals surface area contributed by atoms with Crippen molar-refractivity contribution in [1.29, 1.82) is 0 Å². The molecule has 0 unspecified atom stereocenters. The molecule has 1 aliphatic rings. The lowest BCUT2D eigenvalue weighted by Gasteiger charge is -2.39. The molecular formula is C20H38O3. The zero-order valence-corrected chi connectivity index (χ0v) is 16.0. The molecule has 0 heterocycles. The Morgan fingerprint density at radius 1 is 0.913 bits per heavy atom. The highest BCUT2D eigenvalue weighted by atomic mass is 16.3. The van der Waals surface area contributed by atoms with E-state index in [0.717, 1.165) is 44.8 Å². The van der Waals surface area contributed by atoms with Gasteiger partial charge in [-0.25, -0.2) is 0 Å². The molecule has 0 aromatic heterocycles. The van der Waals surface area contributed by atoms with Crippen LogP contribution in [0.15, 0.2) is 24.3 Å². The predicted octanol–water partition coefficient (Wildman–Crippen LogP) is 5.24. The Labute approximate surface area is 143 Å². The lowest BCUT2D eigenvalue weighted by molar-refractivity contribution is -0.0229. The first-order valence-electron chi connectivity index (χ1n) is 9.12. The summed E-state index contributed by atoms with van der Waals surface area (Å²) in [4.78, 5) is 0. The van der Waals surface area contributed by atoms with E-state index >= 15 is 0 Å². The summed E-state index contributed by atoms with van der Waals surface area (Å²) >= 11 is 0. The van der Waals surface area contributed by atoms with Crippen molar-refractivity contribution >= 4 is 0 Å². The highest BCUT2D eigenvalue weighted by Gasteiger charge is 2.37. The summed E-state index contributed by atoms with van der Waals surface area (Å²) in [5, 5.41) is 27.1. The average molecular weight is 327 g/mol. The number of hydrogen-bond donors (Lipinski definition) is 3. The van der Waals surface area contributed by atoms with Crippen LogP contribution in [0.3, 0.4) is 0 Å². The monoisotopic (exact) mass is 326 g/mol. The molecule has 0 aliphatic heterocycles. The second-order valence-corrected chi connectivity index (χ2v) is 5.22. The average Bonchev–Trinajstić information content (AvgIpc) is 2.63. The number of rotatable bonds is 3. The van der Waals surface area contributed by atoms with Crippen molar-refractivity contribution < 1.29 is 15.3 Å². The molecule has 0 spiro atoms. The van der Waals surface area contributed by atoms with Crippen molar-refractivity contribution in [3.05, 3.63) is 29.8 Å². The molecule has 0 saturated heterocycles. The van der Waals surface area contributed by atoms with E-state index in [-0.39, 0.29) is 5.92 Å². The molecule has 0 radical (unpaired) electrons. The van der Waals surface area contributed by atoms with Crippen molar-refractivity contribution in [1.82, 2.24) is 0 Å². The van der Waals surface area contributed by atoms with Gasteiger partial charge in [0.1, 0.15) is 5.75 Å². The smallest absolute Gasteiger partial charge is 0.115 e. The van der Waals surface area contributed by atoms with Crippen LogP contribution in [0.4, 0.5) is 0 Å². The minimum absolute atomic E-state index is 0.198. The summed E-state index contributed by atoms with van der Waals surface area (Å²) in [5.74, 6) is 0.489. The third-order valence-electron chi connectivity index (χ3n) is 4.07. The number of aromatic hydroxyl groups is 1. The largest absolute Gasteiger partial charge is 0.508 e. The lowest BCUT2D eigenvalue weighted by Crippen LogP contribution is -2.38. The first-order chi connectivity index (χ1) is 11.2. The highest BCUT2D eigenvalue weighted by molar-refractivity contribution is 5.30. The third kappa shape index (κ3) is 7.85. The Kier molecular flexibility index (Phi) is 15.3. The topological polar surface area (TPSA) is 60.7 Å². The van der Waals surface area contributed by atoms with Gasteiger partial charge in [0, 0.05) is 13.0 Å². The molecule has 0 bridgehead atoms. The third-order valence-corrected chi connectivity index (χ3v) is 4.07. The van der Waals surface area contributed by atoms with E-state index in [1.807, 2.05) is 39.8 Å². The number of phenolic OH excluding ortho intramolecular Hbond substituents is 1. The summed E-state index contributed by atoms with van der Waals surface area (Å²) in [6, 6.07) is 7.31. The van der Waals surface area contributed by atoms with Crippen LogP contribution in [0.25, 0.3) is 0 Å². The van der Waals surface area contributed by atoms with Crippen molar-refractivity contribution in [2.45, 2.75) is 84.7 Å². The van der Waals surface area contributed by atoms with Crippen molar-refractivity contribution in [2.24, 2.45) is 0 Å². The van der Waals surface area contributed by atoms with Gasteiger partial charge in [0.25, 0.3) is 0 Å². The molecule has 23 heavy (non-hydrogen) atoms. The minimum atomic E-state index is -0.538. The zero-order valence-electron chi connectivity index (χ0n) is 16.0. The molecule has 1 aliphatic carbocycles. The van der Waals surface area contributed by atoms with Gasteiger partial charge in [0.2, 0.25) is 0 Å². The van der Waals surface area contributed by atoms with Gasteiger partial charge in [-0.3, -0.25) is 0 Å². The van der Waals surface area contributed by atoms with E-state index in [4.69, 9.17) is 5.11 Å². The maximum atomic E-state index is 10.8. The summed E-state index contributed by atoms with van der Waals surface area (Å²) in [5.41, 5.74) is 0.610. The fourth-order valence-corrected chi connectivity index (χ4v) is 3.15. The van der Waals surface area contributed by atoms with Crippen LogP contribution in [-0.4, -0.2) is 28.0 Å². The van der Waals surface area contributed by atoms with E-state index in [9.17, 15) is 10.2 Å². The van der Waals surface area contributed by atoms with Crippen molar-refractivity contribution in [3.63, 3.8) is 0 Å². The second kappa shape index (κ2) is 14.5. The lowest BCUT2D eigenvalue weighted by atomic mass is 9.72. The summed E-state index contributed by atoms with van der Waals surface area (Å²) in [6.07, 6.45) is 6.27. The number of phenols is 1. The van der Waals surface area contributed by atoms with Gasteiger partial charge in [-0.05, 0) is 37.0 Å². The van der Waals surface area contributed by atoms with Crippen molar-refractivity contribution in [2.75, 3.05) is 7.11 Å². The maximum absolute atomic E-state index is 10.8. The van der Waals surface area contributed by atoms with Gasteiger partial charge in [-0.1, -0.05) is 66.0 Å². The summed E-state index contributed by atoms with van der Waals surface area (Å²) in [7, 11) is 1.00. The van der Waals surface area contributed by atoms with E-state index < -0.39 is 5.60 Å². The molecule has 1 fully saturated rings. The molecule has 3 nitrogen and oxygen atoms in total. The first-order valence-corrected chi connectivity index (χ1v) is 9.12. The summed E-state index contributed by atoms with van der Waals surface area (Å²) < 4.78 is 0. The van der Waals surface area contributed by atoms with Crippen LogP contribution in [0, 0.1) is 0 Å². The molecule has 1 atom stereocenters. The Hall–Kier alpha value is -1.06.